The van der Waals surface area contributed by atoms with Crippen LogP contribution in [0.25, 0.3) is 0 Å². The van der Waals surface area contributed by atoms with Crippen molar-refractivity contribution in [2.45, 2.75) is 25.1 Å². The maximum absolute atomic E-state index is 13.4. The summed E-state index contributed by atoms with van der Waals surface area (Å²) in [6.45, 7) is 0.341. The minimum atomic E-state index is -0.745. The summed E-state index contributed by atoms with van der Waals surface area (Å²) >= 11 is 14.0. The van der Waals surface area contributed by atoms with E-state index in [1.165, 1.54) is 38.0 Å². The molecule has 0 saturated carbocycles. The molecule has 0 aliphatic rings. The number of rotatable bonds is 12. The molecule has 0 radical (unpaired) electrons. The molecule has 2 atom stereocenters. The van der Waals surface area contributed by atoms with Crippen molar-refractivity contribution in [3.8, 4) is 11.5 Å². The van der Waals surface area contributed by atoms with E-state index in [-0.39, 0.29) is 6.42 Å². The molecule has 4 aromatic rings. The van der Waals surface area contributed by atoms with Gasteiger partial charge in [-0.05, 0) is 41.0 Å². The number of ether oxygens (including phenoxy) is 4. The van der Waals surface area contributed by atoms with Crippen LogP contribution in [0.5, 0.6) is 11.5 Å². The minimum absolute atomic E-state index is 0.207. The van der Waals surface area contributed by atoms with Gasteiger partial charge in [0.25, 0.3) is 0 Å². The number of methoxy groups -OCH3 is 3. The molecule has 0 aliphatic heterocycles. The number of nitrogens with zero attached hydrogens (tertiary/aromatic N) is 1. The molecule has 1 N–H and O–H groups in total. The highest BCUT2D eigenvalue weighted by Crippen LogP contribution is 2.36. The number of pyridine rings is 1. The molecule has 2 heterocycles. The Kier molecular flexibility index (Phi) is 10.6. The number of esters is 2. The van der Waals surface area contributed by atoms with Crippen molar-refractivity contribution in [2.75, 3.05) is 21.3 Å². The van der Waals surface area contributed by atoms with Gasteiger partial charge in [0, 0.05) is 30.2 Å². The predicted octanol–water partition coefficient (Wildman–Crippen LogP) is 6.61. The fourth-order valence-electron chi connectivity index (χ4n) is 4.17. The van der Waals surface area contributed by atoms with Gasteiger partial charge in [0.2, 0.25) is 0 Å². The summed E-state index contributed by atoms with van der Waals surface area (Å²) in [6, 6.07) is 17.4. The Hall–Kier alpha value is -3.63. The summed E-state index contributed by atoms with van der Waals surface area (Å²) < 4.78 is 21.8. The van der Waals surface area contributed by atoms with Crippen molar-refractivity contribution in [1.29, 1.82) is 0 Å². The van der Waals surface area contributed by atoms with Crippen LogP contribution in [0.4, 0.5) is 0 Å². The average Bonchev–Trinajstić information content (AvgIpc) is 3.47. The molecule has 0 spiro atoms. The minimum Gasteiger partial charge on any atom is -0.493 e. The Balaban J connectivity index is 1.54. The second-order valence-electron chi connectivity index (χ2n) is 8.81. The van der Waals surface area contributed by atoms with Crippen LogP contribution < -0.4 is 14.8 Å². The molecule has 0 amide bonds. The number of hydrogen-bond donors (Lipinski definition) is 1. The van der Waals surface area contributed by atoms with Crippen LogP contribution in [0, 0.1) is 0 Å². The second-order valence-corrected chi connectivity index (χ2v) is 10.8. The normalized spacial score (nSPS) is 12.3. The van der Waals surface area contributed by atoms with E-state index in [4.69, 9.17) is 42.1 Å². The Bertz CT molecular complexity index is 1480. The Morgan fingerprint density at radius 3 is 2.27 bits per heavy atom. The molecule has 41 heavy (non-hydrogen) atoms. The van der Waals surface area contributed by atoms with Crippen LogP contribution in [0.15, 0.2) is 73.1 Å². The molecule has 0 saturated heterocycles. The largest absolute Gasteiger partial charge is 0.493 e. The maximum Gasteiger partial charge on any atom is 0.348 e. The van der Waals surface area contributed by atoms with E-state index < -0.39 is 24.1 Å². The fraction of sp³-hybridized carbons (Fsp3) is 0.233. The first-order valence-corrected chi connectivity index (χ1v) is 14.1. The molecular weight excluding hydrogens is 587 g/mol. The number of halogens is 2. The number of nitrogens with one attached hydrogen (secondary N) is 1. The third-order valence-electron chi connectivity index (χ3n) is 6.28. The third-order valence-corrected chi connectivity index (χ3v) is 8.00. The van der Waals surface area contributed by atoms with E-state index in [9.17, 15) is 9.59 Å². The molecule has 0 fully saturated rings. The first kappa shape index (κ1) is 30.3. The molecule has 4 rings (SSSR count). The summed E-state index contributed by atoms with van der Waals surface area (Å²) in [7, 11) is 4.42. The third kappa shape index (κ3) is 7.56. The van der Waals surface area contributed by atoms with E-state index in [1.54, 1.807) is 31.4 Å². The molecule has 2 aromatic heterocycles. The molecule has 8 nitrogen and oxygen atoms in total. The zero-order valence-electron chi connectivity index (χ0n) is 22.6. The summed E-state index contributed by atoms with van der Waals surface area (Å²) in [5.74, 6) is 0.104. The fourth-order valence-corrected chi connectivity index (χ4v) is 5.53. The van der Waals surface area contributed by atoms with E-state index in [2.05, 4.69) is 10.3 Å². The first-order chi connectivity index (χ1) is 19.8. The van der Waals surface area contributed by atoms with Crippen molar-refractivity contribution in [3.63, 3.8) is 0 Å². The van der Waals surface area contributed by atoms with Crippen LogP contribution in [0.2, 0.25) is 10.0 Å². The highest BCUT2D eigenvalue weighted by molar-refractivity contribution is 7.13. The number of carbonyl (C=O) groups is 2. The molecule has 214 valence electrons. The van der Waals surface area contributed by atoms with Gasteiger partial charge < -0.3 is 18.9 Å². The number of hydrogen-bond acceptors (Lipinski definition) is 9. The zero-order chi connectivity index (χ0) is 29.4. The lowest BCUT2D eigenvalue weighted by atomic mass is 10.0. The van der Waals surface area contributed by atoms with Crippen molar-refractivity contribution >= 4 is 46.5 Å². The van der Waals surface area contributed by atoms with Gasteiger partial charge in [-0.2, -0.15) is 0 Å². The lowest BCUT2D eigenvalue weighted by molar-refractivity contribution is -0.143. The standard InChI is InChI=1S/C30H28Cl2N2O6S/c1-37-24-11-9-19(13-26(24)38-2)25(14-21-22(31)16-33-17-23(21)32)40-29(35)27-12-10-20(41-27)15-34-28(30(36)39-3)18-7-5-4-6-8-18/h4-13,16-17,25,28,34H,14-15H2,1-3H3/t25-,28?/m0/s1. The SMILES string of the molecule is COC(=O)C(NCc1ccc(C(=O)O[C@@H](Cc2c(Cl)cncc2Cl)c2ccc(OC)c(OC)c2)s1)c1ccccc1. The van der Waals surface area contributed by atoms with Crippen LogP contribution in [0.1, 0.15) is 43.4 Å². The molecular formula is C30H28Cl2N2O6S. The molecule has 2 aromatic carbocycles. The quantitative estimate of drug-likeness (QED) is 0.178. The lowest BCUT2D eigenvalue weighted by Gasteiger charge is -2.20. The van der Waals surface area contributed by atoms with Gasteiger partial charge in [-0.25, -0.2) is 9.59 Å². The van der Waals surface area contributed by atoms with Crippen molar-refractivity contribution < 1.29 is 28.5 Å². The number of carbonyl (C=O) groups excluding carboxylic acids is 2. The summed E-state index contributed by atoms with van der Waals surface area (Å²) in [6.07, 6.45) is 2.45. The lowest BCUT2D eigenvalue weighted by Crippen LogP contribution is -2.29. The highest BCUT2D eigenvalue weighted by Gasteiger charge is 2.25. The predicted molar refractivity (Wildman–Crippen MR) is 158 cm³/mol. The molecule has 0 bridgehead atoms. The Morgan fingerprint density at radius 2 is 1.61 bits per heavy atom. The van der Waals surface area contributed by atoms with Crippen LogP contribution in [-0.4, -0.2) is 38.3 Å². The van der Waals surface area contributed by atoms with Gasteiger partial charge in [0.1, 0.15) is 17.0 Å². The van der Waals surface area contributed by atoms with Gasteiger partial charge >= 0.3 is 11.9 Å². The van der Waals surface area contributed by atoms with Crippen LogP contribution >= 0.6 is 34.5 Å². The van der Waals surface area contributed by atoms with Gasteiger partial charge in [0.05, 0.1) is 31.4 Å². The molecule has 0 aliphatic carbocycles. The topological polar surface area (TPSA) is 96.0 Å². The summed E-state index contributed by atoms with van der Waals surface area (Å²) in [4.78, 5) is 31.0. The van der Waals surface area contributed by atoms with E-state index in [0.717, 1.165) is 10.4 Å². The Morgan fingerprint density at radius 1 is 0.902 bits per heavy atom. The van der Waals surface area contributed by atoms with Gasteiger partial charge in [-0.15, -0.1) is 11.3 Å². The highest BCUT2D eigenvalue weighted by atomic mass is 35.5. The number of benzene rings is 2. The van der Waals surface area contributed by atoms with Crippen molar-refractivity contribution in [3.05, 3.63) is 110 Å². The molecule has 1 unspecified atom stereocenters. The first-order valence-electron chi connectivity index (χ1n) is 12.5. The number of aromatic nitrogens is 1. The Labute approximate surface area is 252 Å². The second kappa shape index (κ2) is 14.3. The van der Waals surface area contributed by atoms with E-state index in [0.29, 0.717) is 44.1 Å². The zero-order valence-corrected chi connectivity index (χ0v) is 24.9. The smallest absolute Gasteiger partial charge is 0.348 e. The average molecular weight is 616 g/mol. The number of thiophene rings is 1. The van der Waals surface area contributed by atoms with Crippen molar-refractivity contribution in [2.24, 2.45) is 0 Å². The van der Waals surface area contributed by atoms with Crippen molar-refractivity contribution in [1.82, 2.24) is 10.3 Å². The van der Waals surface area contributed by atoms with Gasteiger partial charge in [-0.1, -0.05) is 59.6 Å². The van der Waals surface area contributed by atoms with E-state index in [1.807, 2.05) is 36.4 Å². The van der Waals surface area contributed by atoms with E-state index >= 15 is 0 Å². The van der Waals surface area contributed by atoms with Crippen LogP contribution in [-0.2, 0) is 27.2 Å². The molecule has 11 heteroatoms. The maximum atomic E-state index is 13.4. The van der Waals surface area contributed by atoms with Gasteiger partial charge in [-0.3, -0.25) is 10.3 Å². The van der Waals surface area contributed by atoms with Crippen LogP contribution in [0.3, 0.4) is 0 Å². The van der Waals surface area contributed by atoms with Gasteiger partial charge in [0.15, 0.2) is 11.5 Å². The summed E-state index contributed by atoms with van der Waals surface area (Å²) in [5.41, 5.74) is 2.05. The summed E-state index contributed by atoms with van der Waals surface area (Å²) in [5, 5.41) is 3.94. The monoisotopic (exact) mass is 614 g/mol.